The Morgan fingerprint density at radius 3 is 2.59 bits per heavy atom. The number of amides is 3. The van der Waals surface area contributed by atoms with Gasteiger partial charge in [-0.3, -0.25) is 4.79 Å². The fourth-order valence-electron chi connectivity index (χ4n) is 1.98. The molecule has 1 aliphatic rings. The standard InChI is InChI=1S/C12H18N4O5S/c17-11(15-22(19,20)16-5-1-2-6-16)9-14-12(18)13-8-10-4-3-7-21-10/h3-4,7H,1-2,5-6,8-9H2,(H,15,17)(H2,13,14,18). The van der Waals surface area contributed by atoms with Crippen molar-refractivity contribution in [1.82, 2.24) is 19.7 Å². The number of hydrogen-bond donors (Lipinski definition) is 3. The average molecular weight is 330 g/mol. The molecule has 2 rings (SSSR count). The predicted octanol–water partition coefficient (Wildman–Crippen LogP) is -0.464. The quantitative estimate of drug-likeness (QED) is 0.651. The maximum Gasteiger partial charge on any atom is 0.315 e. The molecule has 1 aromatic rings. The highest BCUT2D eigenvalue weighted by Crippen LogP contribution is 2.10. The largest absolute Gasteiger partial charge is 0.467 e. The minimum absolute atomic E-state index is 0.173. The number of nitrogens with one attached hydrogen (secondary N) is 3. The van der Waals surface area contributed by atoms with Crippen LogP contribution in [-0.4, -0.2) is 44.3 Å². The summed E-state index contributed by atoms with van der Waals surface area (Å²) < 4.78 is 31.8. The third kappa shape index (κ3) is 4.74. The second kappa shape index (κ2) is 7.27. The summed E-state index contributed by atoms with van der Waals surface area (Å²) in [6.07, 6.45) is 3.04. The fraction of sp³-hybridized carbons (Fsp3) is 0.500. The van der Waals surface area contributed by atoms with Gasteiger partial charge in [0.25, 0.3) is 5.91 Å². The molecule has 1 aliphatic heterocycles. The lowest BCUT2D eigenvalue weighted by Crippen LogP contribution is -2.47. The van der Waals surface area contributed by atoms with Crippen molar-refractivity contribution >= 4 is 22.1 Å². The van der Waals surface area contributed by atoms with Crippen LogP contribution in [-0.2, 0) is 21.5 Å². The third-order valence-corrected chi connectivity index (χ3v) is 4.59. The van der Waals surface area contributed by atoms with E-state index in [1.165, 1.54) is 10.6 Å². The van der Waals surface area contributed by atoms with Gasteiger partial charge in [0.05, 0.1) is 19.4 Å². The van der Waals surface area contributed by atoms with Crippen molar-refractivity contribution in [2.75, 3.05) is 19.6 Å². The van der Waals surface area contributed by atoms with Gasteiger partial charge in [0.2, 0.25) is 0 Å². The minimum Gasteiger partial charge on any atom is -0.467 e. The zero-order chi connectivity index (χ0) is 16.0. The van der Waals surface area contributed by atoms with E-state index in [9.17, 15) is 18.0 Å². The van der Waals surface area contributed by atoms with Crippen molar-refractivity contribution < 1.29 is 22.4 Å². The second-order valence-corrected chi connectivity index (χ2v) is 6.42. The van der Waals surface area contributed by atoms with Crippen LogP contribution >= 0.6 is 0 Å². The number of hydrogen-bond acceptors (Lipinski definition) is 5. The van der Waals surface area contributed by atoms with E-state index in [0.29, 0.717) is 18.8 Å². The Morgan fingerprint density at radius 2 is 1.95 bits per heavy atom. The predicted molar refractivity (Wildman–Crippen MR) is 76.8 cm³/mol. The van der Waals surface area contributed by atoms with Crippen LogP contribution in [0.25, 0.3) is 0 Å². The van der Waals surface area contributed by atoms with Crippen LogP contribution in [0.2, 0.25) is 0 Å². The number of furan rings is 1. The van der Waals surface area contributed by atoms with Crippen LogP contribution in [0.1, 0.15) is 18.6 Å². The van der Waals surface area contributed by atoms with E-state index in [1.54, 1.807) is 12.1 Å². The van der Waals surface area contributed by atoms with E-state index in [0.717, 1.165) is 12.8 Å². The third-order valence-electron chi connectivity index (χ3n) is 3.06. The van der Waals surface area contributed by atoms with Crippen LogP contribution in [0, 0.1) is 0 Å². The molecule has 0 atom stereocenters. The molecule has 10 heteroatoms. The number of urea groups is 1. The van der Waals surface area contributed by atoms with Gasteiger partial charge in [-0.15, -0.1) is 0 Å². The Hall–Kier alpha value is -2.07. The van der Waals surface area contributed by atoms with Gasteiger partial charge < -0.3 is 15.1 Å². The highest BCUT2D eigenvalue weighted by Gasteiger charge is 2.26. The highest BCUT2D eigenvalue weighted by molar-refractivity contribution is 7.87. The van der Waals surface area contributed by atoms with Gasteiger partial charge in [-0.1, -0.05) is 0 Å². The molecule has 1 saturated heterocycles. The van der Waals surface area contributed by atoms with Crippen molar-refractivity contribution in [3.8, 4) is 0 Å². The van der Waals surface area contributed by atoms with Gasteiger partial charge >= 0.3 is 16.2 Å². The molecular formula is C12H18N4O5S. The lowest BCUT2D eigenvalue weighted by atomic mass is 10.4. The monoisotopic (exact) mass is 330 g/mol. The first-order chi connectivity index (χ1) is 10.5. The molecule has 0 aliphatic carbocycles. The van der Waals surface area contributed by atoms with Crippen molar-refractivity contribution in [2.24, 2.45) is 0 Å². The molecule has 122 valence electrons. The van der Waals surface area contributed by atoms with Gasteiger partial charge in [0.15, 0.2) is 0 Å². The molecule has 3 amide bonds. The Kier molecular flexibility index (Phi) is 5.39. The molecule has 0 unspecified atom stereocenters. The van der Waals surface area contributed by atoms with Crippen LogP contribution in [0.4, 0.5) is 4.79 Å². The molecule has 1 aromatic heterocycles. The Balaban J connectivity index is 1.69. The Morgan fingerprint density at radius 1 is 1.23 bits per heavy atom. The van der Waals surface area contributed by atoms with E-state index in [1.807, 2.05) is 4.72 Å². The summed E-state index contributed by atoms with van der Waals surface area (Å²) >= 11 is 0. The smallest absolute Gasteiger partial charge is 0.315 e. The SMILES string of the molecule is O=C(CNC(=O)NCc1ccco1)NS(=O)(=O)N1CCCC1. The maximum absolute atomic E-state index is 11.8. The summed E-state index contributed by atoms with van der Waals surface area (Å²) in [5.74, 6) is -0.226. The Labute approximate surface area is 128 Å². The van der Waals surface area contributed by atoms with E-state index in [-0.39, 0.29) is 6.54 Å². The molecule has 3 N–H and O–H groups in total. The van der Waals surface area contributed by atoms with Gasteiger partial charge in [-0.05, 0) is 25.0 Å². The first-order valence-electron chi connectivity index (χ1n) is 6.82. The lowest BCUT2D eigenvalue weighted by molar-refractivity contribution is -0.118. The summed E-state index contributed by atoms with van der Waals surface area (Å²) in [7, 11) is -3.81. The average Bonchev–Trinajstić information content (AvgIpc) is 3.14. The molecule has 2 heterocycles. The first kappa shape index (κ1) is 16.3. The van der Waals surface area contributed by atoms with Crippen LogP contribution in [0.3, 0.4) is 0 Å². The van der Waals surface area contributed by atoms with Gasteiger partial charge in [0, 0.05) is 13.1 Å². The number of carbonyl (C=O) groups is 2. The Bertz CT molecular complexity index is 607. The number of carbonyl (C=O) groups excluding carboxylic acids is 2. The zero-order valence-electron chi connectivity index (χ0n) is 11.9. The van der Waals surface area contributed by atoms with E-state index < -0.39 is 28.7 Å². The normalized spacial score (nSPS) is 15.5. The second-order valence-electron chi connectivity index (χ2n) is 4.75. The van der Waals surface area contributed by atoms with Crippen LogP contribution < -0.4 is 15.4 Å². The zero-order valence-corrected chi connectivity index (χ0v) is 12.7. The van der Waals surface area contributed by atoms with Gasteiger partial charge in [0.1, 0.15) is 5.76 Å². The molecule has 0 saturated carbocycles. The summed E-state index contributed by atoms with van der Waals surface area (Å²) in [5.41, 5.74) is 0. The number of nitrogens with zero attached hydrogens (tertiary/aromatic N) is 1. The summed E-state index contributed by atoms with van der Waals surface area (Å²) in [6.45, 7) is 0.545. The first-order valence-corrected chi connectivity index (χ1v) is 8.26. The van der Waals surface area contributed by atoms with E-state index >= 15 is 0 Å². The number of rotatable bonds is 6. The fourth-order valence-corrected chi connectivity index (χ4v) is 3.20. The van der Waals surface area contributed by atoms with Crippen LogP contribution in [0.15, 0.2) is 22.8 Å². The molecule has 0 bridgehead atoms. The molecule has 0 aromatic carbocycles. The van der Waals surface area contributed by atoms with Gasteiger partial charge in [-0.2, -0.15) is 12.7 Å². The van der Waals surface area contributed by atoms with Crippen molar-refractivity contribution in [3.63, 3.8) is 0 Å². The van der Waals surface area contributed by atoms with Crippen LogP contribution in [0.5, 0.6) is 0 Å². The topological polar surface area (TPSA) is 121 Å². The summed E-state index contributed by atoms with van der Waals surface area (Å²) in [6, 6.07) is 2.78. The highest BCUT2D eigenvalue weighted by atomic mass is 32.2. The van der Waals surface area contributed by atoms with Crippen molar-refractivity contribution in [2.45, 2.75) is 19.4 Å². The molecule has 0 radical (unpaired) electrons. The van der Waals surface area contributed by atoms with E-state index in [2.05, 4.69) is 10.6 Å². The van der Waals surface area contributed by atoms with Crippen molar-refractivity contribution in [3.05, 3.63) is 24.2 Å². The summed E-state index contributed by atoms with van der Waals surface area (Å²) in [5, 5.41) is 4.75. The minimum atomic E-state index is -3.81. The molecule has 9 nitrogen and oxygen atoms in total. The van der Waals surface area contributed by atoms with Crippen molar-refractivity contribution in [1.29, 1.82) is 0 Å². The molecule has 1 fully saturated rings. The van der Waals surface area contributed by atoms with Gasteiger partial charge in [-0.25, -0.2) is 9.52 Å². The van der Waals surface area contributed by atoms with E-state index in [4.69, 9.17) is 4.42 Å². The maximum atomic E-state index is 11.8. The lowest BCUT2D eigenvalue weighted by Gasteiger charge is -2.16. The molecule has 0 spiro atoms. The summed E-state index contributed by atoms with van der Waals surface area (Å²) in [4.78, 5) is 23.0. The molecule has 22 heavy (non-hydrogen) atoms. The molecular weight excluding hydrogens is 312 g/mol.